The Morgan fingerprint density at radius 3 is 2.00 bits per heavy atom. The van der Waals surface area contributed by atoms with Crippen LogP contribution >= 0.6 is 0 Å². The summed E-state index contributed by atoms with van der Waals surface area (Å²) in [5.74, 6) is 0. The summed E-state index contributed by atoms with van der Waals surface area (Å²) in [6.45, 7) is 0. The minimum absolute atomic E-state index is 0.306. The van der Waals surface area contributed by atoms with Crippen molar-refractivity contribution < 1.29 is 13.2 Å². The number of hydrogen-bond donors (Lipinski definition) is 0. The van der Waals surface area contributed by atoms with E-state index in [9.17, 15) is 13.2 Å². The summed E-state index contributed by atoms with van der Waals surface area (Å²) in [5, 5.41) is 0. The van der Waals surface area contributed by atoms with Crippen LogP contribution in [0.4, 0.5) is 13.2 Å². The highest BCUT2D eigenvalue weighted by Gasteiger charge is 2.61. The molecule has 0 atom stereocenters. The van der Waals surface area contributed by atoms with E-state index in [1.807, 2.05) is 0 Å². The summed E-state index contributed by atoms with van der Waals surface area (Å²) in [6, 6.07) is 0. The molecule has 0 heterocycles. The Morgan fingerprint density at radius 1 is 1.17 bits per heavy atom. The zero-order valence-corrected chi connectivity index (χ0v) is 6.75. The Morgan fingerprint density at radius 2 is 1.75 bits per heavy atom. The molecular weight excluding hydrogens is 165 g/mol. The van der Waals surface area contributed by atoms with Crippen molar-refractivity contribution in [2.45, 2.75) is 38.3 Å². The van der Waals surface area contributed by atoms with Gasteiger partial charge in [-0.2, -0.15) is 13.2 Å². The lowest BCUT2D eigenvalue weighted by molar-refractivity contribution is -0.172. The van der Waals surface area contributed by atoms with Crippen LogP contribution in [0.1, 0.15) is 32.1 Å². The average molecular weight is 176 g/mol. The van der Waals surface area contributed by atoms with Gasteiger partial charge in [0, 0.05) is 0 Å². The highest BCUT2D eigenvalue weighted by atomic mass is 19.4. The van der Waals surface area contributed by atoms with E-state index in [2.05, 4.69) is 0 Å². The zero-order chi connectivity index (χ0) is 8.82. The van der Waals surface area contributed by atoms with Crippen molar-refractivity contribution in [2.24, 2.45) is 5.41 Å². The molecule has 0 radical (unpaired) electrons. The molecule has 2 rings (SSSR count). The summed E-state index contributed by atoms with van der Waals surface area (Å²) in [7, 11) is 0. The molecule has 2 fully saturated rings. The van der Waals surface area contributed by atoms with Crippen LogP contribution in [0, 0.1) is 5.41 Å². The van der Waals surface area contributed by atoms with E-state index < -0.39 is 11.6 Å². The second kappa shape index (κ2) is 2.27. The highest BCUT2D eigenvalue weighted by molar-refractivity contribution is 5.22. The van der Waals surface area contributed by atoms with Crippen molar-refractivity contribution in [3.05, 3.63) is 11.6 Å². The quantitative estimate of drug-likeness (QED) is 0.537. The fourth-order valence-electron chi connectivity index (χ4n) is 1.56. The van der Waals surface area contributed by atoms with Gasteiger partial charge in [0.15, 0.2) is 0 Å². The minimum atomic E-state index is -4.00. The van der Waals surface area contributed by atoms with Crippen LogP contribution < -0.4 is 0 Å². The predicted molar refractivity (Wildman–Crippen MR) is 39.7 cm³/mol. The minimum Gasteiger partial charge on any atom is -0.170 e. The first kappa shape index (κ1) is 8.14. The average Bonchev–Trinajstić information content (AvgIpc) is 2.56. The smallest absolute Gasteiger partial charge is 0.170 e. The first-order valence-corrected chi connectivity index (χ1v) is 4.31. The lowest BCUT2D eigenvalue weighted by Crippen LogP contribution is -2.23. The molecule has 0 aliphatic heterocycles. The molecule has 0 N–H and O–H groups in total. The molecule has 0 saturated heterocycles. The molecule has 0 unspecified atom stereocenters. The van der Waals surface area contributed by atoms with E-state index in [4.69, 9.17) is 0 Å². The number of rotatable bonds is 1. The third-order valence-corrected chi connectivity index (χ3v) is 2.83. The molecule has 0 bridgehead atoms. The van der Waals surface area contributed by atoms with Crippen molar-refractivity contribution in [1.82, 2.24) is 0 Å². The van der Waals surface area contributed by atoms with Gasteiger partial charge in [-0.05, 0) is 32.1 Å². The normalized spacial score (nSPS) is 26.4. The van der Waals surface area contributed by atoms with E-state index in [-0.39, 0.29) is 0 Å². The van der Waals surface area contributed by atoms with Gasteiger partial charge >= 0.3 is 6.18 Å². The van der Waals surface area contributed by atoms with Crippen LogP contribution in [0.5, 0.6) is 0 Å². The maximum absolute atomic E-state index is 12.4. The lowest BCUT2D eigenvalue weighted by Gasteiger charge is -2.21. The third-order valence-electron chi connectivity index (χ3n) is 2.83. The van der Waals surface area contributed by atoms with Crippen LogP contribution in [-0.2, 0) is 0 Å². The van der Waals surface area contributed by atoms with Crippen LogP contribution in [-0.4, -0.2) is 6.18 Å². The first-order valence-electron chi connectivity index (χ1n) is 4.31. The fourth-order valence-corrected chi connectivity index (χ4v) is 1.56. The van der Waals surface area contributed by atoms with E-state index in [1.165, 1.54) is 6.08 Å². The largest absolute Gasteiger partial charge is 0.397 e. The van der Waals surface area contributed by atoms with Crippen molar-refractivity contribution in [2.75, 3.05) is 0 Å². The molecule has 2 saturated carbocycles. The fraction of sp³-hybridized carbons (Fsp3) is 0.778. The van der Waals surface area contributed by atoms with Gasteiger partial charge in [-0.1, -0.05) is 11.6 Å². The summed E-state index contributed by atoms with van der Waals surface area (Å²) < 4.78 is 37.1. The van der Waals surface area contributed by atoms with E-state index in [0.29, 0.717) is 12.8 Å². The van der Waals surface area contributed by atoms with Crippen molar-refractivity contribution in [1.29, 1.82) is 0 Å². The monoisotopic (exact) mass is 176 g/mol. The second-order valence-corrected chi connectivity index (χ2v) is 3.81. The van der Waals surface area contributed by atoms with Gasteiger partial charge in [0.2, 0.25) is 0 Å². The van der Waals surface area contributed by atoms with Crippen LogP contribution in [0.3, 0.4) is 0 Å². The molecule has 0 spiro atoms. The maximum Gasteiger partial charge on any atom is 0.397 e. The van der Waals surface area contributed by atoms with Crippen LogP contribution in [0.25, 0.3) is 0 Å². The zero-order valence-electron chi connectivity index (χ0n) is 6.75. The molecule has 0 aromatic carbocycles. The number of allylic oxidation sites excluding steroid dienone is 2. The topological polar surface area (TPSA) is 0 Å². The molecule has 2 aliphatic carbocycles. The molecule has 3 heteroatoms. The molecule has 2 aliphatic rings. The summed E-state index contributed by atoms with van der Waals surface area (Å²) in [6.07, 6.45) is 0.932. The summed E-state index contributed by atoms with van der Waals surface area (Å²) in [4.78, 5) is 0. The van der Waals surface area contributed by atoms with Crippen molar-refractivity contribution in [3.63, 3.8) is 0 Å². The summed E-state index contributed by atoms with van der Waals surface area (Å²) in [5.41, 5.74) is -0.382. The van der Waals surface area contributed by atoms with Gasteiger partial charge in [-0.15, -0.1) is 0 Å². The maximum atomic E-state index is 12.4. The van der Waals surface area contributed by atoms with Crippen molar-refractivity contribution >= 4 is 0 Å². The van der Waals surface area contributed by atoms with Gasteiger partial charge in [-0.25, -0.2) is 0 Å². The molecular formula is C9H11F3. The number of halogens is 3. The van der Waals surface area contributed by atoms with Crippen LogP contribution in [0.15, 0.2) is 11.6 Å². The standard InChI is InChI=1S/C9H11F3/c10-9(11,12)8(4-5-8)6-7-2-1-3-7/h6H,1-5H2. The van der Waals surface area contributed by atoms with Gasteiger partial charge in [0.05, 0.1) is 5.41 Å². The molecule has 0 amide bonds. The molecule has 0 aromatic rings. The Bertz CT molecular complexity index is 214. The number of hydrogen-bond acceptors (Lipinski definition) is 0. The van der Waals surface area contributed by atoms with Crippen molar-refractivity contribution in [3.8, 4) is 0 Å². The van der Waals surface area contributed by atoms with Crippen LogP contribution in [0.2, 0.25) is 0 Å². The lowest BCUT2D eigenvalue weighted by atomic mass is 9.88. The molecule has 68 valence electrons. The Labute approximate surface area is 69.5 Å². The highest BCUT2D eigenvalue weighted by Crippen LogP contribution is 2.59. The molecule has 0 nitrogen and oxygen atoms in total. The van der Waals surface area contributed by atoms with Gasteiger partial charge in [0.1, 0.15) is 0 Å². The van der Waals surface area contributed by atoms with E-state index in [1.54, 1.807) is 0 Å². The van der Waals surface area contributed by atoms with Gasteiger partial charge in [-0.3, -0.25) is 0 Å². The Balaban J connectivity index is 2.11. The summed E-state index contributed by atoms with van der Waals surface area (Å²) >= 11 is 0. The van der Waals surface area contributed by atoms with Gasteiger partial charge < -0.3 is 0 Å². The third kappa shape index (κ3) is 1.15. The van der Waals surface area contributed by atoms with E-state index >= 15 is 0 Å². The second-order valence-electron chi connectivity index (χ2n) is 3.81. The Kier molecular flexibility index (Phi) is 1.54. The molecule has 0 aromatic heterocycles. The SMILES string of the molecule is FC(F)(F)C1(C=C2CCC2)CC1. The van der Waals surface area contributed by atoms with Gasteiger partial charge in [0.25, 0.3) is 0 Å². The number of alkyl halides is 3. The first-order chi connectivity index (χ1) is 5.54. The molecule has 12 heavy (non-hydrogen) atoms. The predicted octanol–water partition coefficient (Wildman–Crippen LogP) is 3.44. The van der Waals surface area contributed by atoms with E-state index in [0.717, 1.165) is 24.8 Å². The Hall–Kier alpha value is -0.470.